The number of morpholine rings is 1. The highest BCUT2D eigenvalue weighted by Crippen LogP contribution is 2.28. The summed E-state index contributed by atoms with van der Waals surface area (Å²) in [6, 6.07) is 2.09. The van der Waals surface area contributed by atoms with Crippen LogP contribution in [0.2, 0.25) is 0 Å². The monoisotopic (exact) mass is 288 g/mol. The Kier molecular flexibility index (Phi) is 3.85. The molecule has 2 unspecified atom stereocenters. The number of anilines is 1. The molecule has 1 aromatic rings. The third kappa shape index (κ3) is 2.88. The Labute approximate surface area is 126 Å². The maximum Gasteiger partial charge on any atom is 0.140 e. The predicted octanol–water partition coefficient (Wildman–Crippen LogP) is 1.86. The van der Waals surface area contributed by atoms with Crippen LogP contribution in [0.1, 0.15) is 43.5 Å². The quantitative estimate of drug-likeness (QED) is 0.643. The fourth-order valence-corrected chi connectivity index (χ4v) is 3.41. The minimum absolute atomic E-state index is 0.109. The Morgan fingerprint density at radius 3 is 2.62 bits per heavy atom. The topological polar surface area (TPSA) is 75.2 Å². The molecular weight excluding hydrogens is 264 g/mol. The molecule has 0 amide bonds. The number of nitrogens with two attached hydrogens (primary N) is 1. The number of ether oxygens (including phenoxy) is 1. The molecule has 2 atom stereocenters. The van der Waals surface area contributed by atoms with Crippen molar-refractivity contribution in [3.05, 3.63) is 22.9 Å². The van der Waals surface area contributed by atoms with Crippen LogP contribution in [0.15, 0.2) is 6.07 Å². The van der Waals surface area contributed by atoms with E-state index in [0.29, 0.717) is 0 Å². The van der Waals surface area contributed by atoms with Gasteiger partial charge < -0.3 is 15.4 Å². The Morgan fingerprint density at radius 1 is 1.29 bits per heavy atom. The number of amidine groups is 1. The second-order valence-corrected chi connectivity index (χ2v) is 6.25. The summed E-state index contributed by atoms with van der Waals surface area (Å²) in [7, 11) is 0. The molecule has 3 rings (SSSR count). The molecule has 1 aromatic heterocycles. The number of aryl methyl sites for hydroxylation is 2. The first-order valence-electron chi connectivity index (χ1n) is 7.82. The molecule has 114 valence electrons. The van der Waals surface area contributed by atoms with Crippen molar-refractivity contribution in [1.82, 2.24) is 4.98 Å². The number of nitrogen functional groups attached to an aromatic ring is 1. The molecule has 0 aromatic carbocycles. The van der Waals surface area contributed by atoms with E-state index in [1.165, 1.54) is 24.1 Å². The Morgan fingerprint density at radius 2 is 1.95 bits per heavy atom. The van der Waals surface area contributed by atoms with Gasteiger partial charge in [-0.3, -0.25) is 5.41 Å². The molecule has 2 aliphatic rings. The molecule has 5 heteroatoms. The van der Waals surface area contributed by atoms with Gasteiger partial charge in [-0.1, -0.05) is 0 Å². The van der Waals surface area contributed by atoms with E-state index in [1.807, 2.05) is 0 Å². The highest BCUT2D eigenvalue weighted by Gasteiger charge is 2.27. The van der Waals surface area contributed by atoms with Crippen LogP contribution in [0, 0.1) is 5.41 Å². The van der Waals surface area contributed by atoms with Gasteiger partial charge in [-0.25, -0.2) is 4.98 Å². The minimum atomic E-state index is 0.109. The van der Waals surface area contributed by atoms with Crippen molar-refractivity contribution in [3.63, 3.8) is 0 Å². The lowest BCUT2D eigenvalue weighted by Gasteiger charge is -2.37. The fraction of sp³-hybridized carbons (Fsp3) is 0.625. The largest absolute Gasteiger partial charge is 0.384 e. The molecule has 0 radical (unpaired) electrons. The average Bonchev–Trinajstić information content (AvgIpc) is 2.44. The Balaban J connectivity index is 2.01. The molecule has 21 heavy (non-hydrogen) atoms. The van der Waals surface area contributed by atoms with Crippen molar-refractivity contribution in [1.29, 1.82) is 5.41 Å². The molecule has 1 fully saturated rings. The van der Waals surface area contributed by atoms with Crippen LogP contribution < -0.4 is 10.6 Å². The molecule has 3 N–H and O–H groups in total. The minimum Gasteiger partial charge on any atom is -0.384 e. The van der Waals surface area contributed by atoms with E-state index in [0.717, 1.165) is 37.3 Å². The number of nitrogens with one attached hydrogen (secondary N) is 1. The molecule has 2 heterocycles. The predicted molar refractivity (Wildman–Crippen MR) is 84.1 cm³/mol. The van der Waals surface area contributed by atoms with Gasteiger partial charge >= 0.3 is 0 Å². The van der Waals surface area contributed by atoms with Gasteiger partial charge in [0, 0.05) is 18.8 Å². The van der Waals surface area contributed by atoms with Crippen LogP contribution in [0.4, 0.5) is 5.82 Å². The van der Waals surface area contributed by atoms with E-state index in [9.17, 15) is 0 Å². The van der Waals surface area contributed by atoms with Crippen molar-refractivity contribution >= 4 is 11.7 Å². The summed E-state index contributed by atoms with van der Waals surface area (Å²) >= 11 is 0. The number of nitrogens with zero attached hydrogens (tertiary/aromatic N) is 2. The van der Waals surface area contributed by atoms with Crippen molar-refractivity contribution < 1.29 is 4.74 Å². The van der Waals surface area contributed by atoms with Gasteiger partial charge in [0.15, 0.2) is 0 Å². The normalized spacial score (nSPS) is 25.5. The van der Waals surface area contributed by atoms with E-state index in [4.69, 9.17) is 20.9 Å². The van der Waals surface area contributed by atoms with Crippen molar-refractivity contribution in [2.45, 2.75) is 51.7 Å². The summed E-state index contributed by atoms with van der Waals surface area (Å²) in [4.78, 5) is 7.10. The third-order valence-corrected chi connectivity index (χ3v) is 4.29. The van der Waals surface area contributed by atoms with E-state index in [-0.39, 0.29) is 18.0 Å². The summed E-state index contributed by atoms with van der Waals surface area (Å²) in [5.74, 6) is 0.975. The third-order valence-electron chi connectivity index (χ3n) is 4.29. The lowest BCUT2D eigenvalue weighted by Crippen LogP contribution is -2.46. The van der Waals surface area contributed by atoms with Gasteiger partial charge in [-0.2, -0.15) is 0 Å². The van der Waals surface area contributed by atoms with Gasteiger partial charge in [0.1, 0.15) is 11.7 Å². The summed E-state index contributed by atoms with van der Waals surface area (Å²) < 4.78 is 5.80. The summed E-state index contributed by atoms with van der Waals surface area (Å²) in [5.41, 5.74) is 9.04. The van der Waals surface area contributed by atoms with Crippen LogP contribution in [0.3, 0.4) is 0 Å². The van der Waals surface area contributed by atoms with Crippen molar-refractivity contribution in [2.24, 2.45) is 5.73 Å². The SMILES string of the molecule is CC1CN(c2nc3c(cc2C(=N)N)CCCC3)CC(C)O1. The molecule has 1 aliphatic heterocycles. The highest BCUT2D eigenvalue weighted by molar-refractivity contribution is 6.00. The zero-order valence-electron chi connectivity index (χ0n) is 12.9. The maximum atomic E-state index is 7.89. The average molecular weight is 288 g/mol. The number of hydrogen-bond acceptors (Lipinski definition) is 4. The van der Waals surface area contributed by atoms with Gasteiger partial charge in [-0.15, -0.1) is 0 Å². The van der Waals surface area contributed by atoms with Gasteiger partial charge in [-0.05, 0) is 51.2 Å². The highest BCUT2D eigenvalue weighted by atomic mass is 16.5. The first-order chi connectivity index (χ1) is 10.0. The van der Waals surface area contributed by atoms with E-state index in [1.54, 1.807) is 0 Å². The molecule has 5 nitrogen and oxygen atoms in total. The van der Waals surface area contributed by atoms with E-state index in [2.05, 4.69) is 24.8 Å². The first kappa shape index (κ1) is 14.3. The first-order valence-corrected chi connectivity index (χ1v) is 7.82. The summed E-state index contributed by atoms with van der Waals surface area (Å²) in [5, 5.41) is 7.89. The van der Waals surface area contributed by atoms with Crippen LogP contribution in [-0.4, -0.2) is 36.1 Å². The number of rotatable bonds is 2. The molecule has 0 spiro atoms. The maximum absolute atomic E-state index is 7.89. The molecule has 1 saturated heterocycles. The standard InChI is InChI=1S/C16H24N4O/c1-10-8-20(9-11(2)21-10)16-13(15(17)18)7-12-5-3-4-6-14(12)19-16/h7,10-11H,3-6,8-9H2,1-2H3,(H3,17,18). The smallest absolute Gasteiger partial charge is 0.140 e. The zero-order chi connectivity index (χ0) is 15.0. The number of fused-ring (bicyclic) bond motifs is 1. The Hall–Kier alpha value is -1.62. The summed E-state index contributed by atoms with van der Waals surface area (Å²) in [6.45, 7) is 5.76. The zero-order valence-corrected chi connectivity index (χ0v) is 12.9. The molecule has 0 bridgehead atoms. The van der Waals surface area contributed by atoms with Crippen LogP contribution >= 0.6 is 0 Å². The second-order valence-electron chi connectivity index (χ2n) is 6.25. The van der Waals surface area contributed by atoms with Gasteiger partial charge in [0.25, 0.3) is 0 Å². The van der Waals surface area contributed by atoms with Gasteiger partial charge in [0.05, 0.1) is 17.8 Å². The van der Waals surface area contributed by atoms with E-state index >= 15 is 0 Å². The second kappa shape index (κ2) is 5.64. The summed E-state index contributed by atoms with van der Waals surface area (Å²) in [6.07, 6.45) is 4.85. The van der Waals surface area contributed by atoms with Crippen LogP contribution in [0.25, 0.3) is 0 Å². The van der Waals surface area contributed by atoms with E-state index < -0.39 is 0 Å². The molecule has 0 saturated carbocycles. The molecule has 1 aliphatic carbocycles. The van der Waals surface area contributed by atoms with Gasteiger partial charge in [0.2, 0.25) is 0 Å². The number of pyridine rings is 1. The van der Waals surface area contributed by atoms with Crippen LogP contribution in [0.5, 0.6) is 0 Å². The lowest BCUT2D eigenvalue weighted by atomic mass is 9.94. The van der Waals surface area contributed by atoms with Crippen molar-refractivity contribution in [3.8, 4) is 0 Å². The molecular formula is C16H24N4O. The number of hydrogen-bond donors (Lipinski definition) is 2. The van der Waals surface area contributed by atoms with Crippen molar-refractivity contribution in [2.75, 3.05) is 18.0 Å². The number of aromatic nitrogens is 1. The fourth-order valence-electron chi connectivity index (χ4n) is 3.41. The lowest BCUT2D eigenvalue weighted by molar-refractivity contribution is -0.00548. The Bertz CT molecular complexity index is 547. The van der Waals surface area contributed by atoms with Crippen LogP contribution in [-0.2, 0) is 17.6 Å².